The first-order valence-corrected chi connectivity index (χ1v) is 9.69. The molecule has 0 spiro atoms. The Balaban J connectivity index is 1.64. The fraction of sp³-hybridized carbons (Fsp3) is 0.375. The van der Waals surface area contributed by atoms with Crippen LogP contribution in [0.2, 0.25) is 0 Å². The summed E-state index contributed by atoms with van der Waals surface area (Å²) in [6.45, 7) is 7.27. The summed E-state index contributed by atoms with van der Waals surface area (Å²) in [6, 6.07) is 19.8. The minimum atomic E-state index is 0.222. The molecule has 0 unspecified atom stereocenters. The lowest BCUT2D eigenvalue weighted by Crippen LogP contribution is -2.38. The molecule has 0 atom stereocenters. The van der Waals surface area contributed by atoms with Crippen LogP contribution in [0.25, 0.3) is 22.0 Å². The number of nitrogens with zero attached hydrogens (tertiary/aromatic N) is 2. The molecule has 26 heavy (non-hydrogen) atoms. The maximum absolute atomic E-state index is 4.49. The maximum Gasteiger partial charge on any atom is 0.0708 e. The first-order chi connectivity index (χ1) is 12.6. The maximum atomic E-state index is 4.49. The molecule has 0 aliphatic carbocycles. The van der Waals surface area contributed by atoms with Crippen molar-refractivity contribution in [3.05, 3.63) is 66.4 Å². The summed E-state index contributed by atoms with van der Waals surface area (Å²) in [4.78, 5) is 6.94. The van der Waals surface area contributed by atoms with Gasteiger partial charge in [-0.3, -0.25) is 4.98 Å². The molecular weight excluding hydrogens is 316 g/mol. The van der Waals surface area contributed by atoms with Crippen LogP contribution in [-0.4, -0.2) is 30.0 Å². The Labute approximate surface area is 156 Å². The van der Waals surface area contributed by atoms with Gasteiger partial charge >= 0.3 is 0 Å². The van der Waals surface area contributed by atoms with Crippen molar-refractivity contribution >= 4 is 10.9 Å². The van der Waals surface area contributed by atoms with Gasteiger partial charge in [0.2, 0.25) is 0 Å². The van der Waals surface area contributed by atoms with Crippen LogP contribution in [0.5, 0.6) is 0 Å². The fourth-order valence-electron chi connectivity index (χ4n) is 4.40. The molecule has 3 aromatic rings. The number of piperidine rings is 1. The topological polar surface area (TPSA) is 16.1 Å². The average Bonchev–Trinajstić information content (AvgIpc) is 2.68. The first kappa shape index (κ1) is 17.2. The van der Waals surface area contributed by atoms with Gasteiger partial charge in [-0.05, 0) is 73.1 Å². The van der Waals surface area contributed by atoms with Crippen molar-refractivity contribution in [2.45, 2.75) is 32.1 Å². The summed E-state index contributed by atoms with van der Waals surface area (Å²) >= 11 is 0. The summed E-state index contributed by atoms with van der Waals surface area (Å²) in [5.41, 5.74) is 5.26. The number of benzene rings is 2. The normalized spacial score (nSPS) is 16.9. The molecule has 1 saturated heterocycles. The highest BCUT2D eigenvalue weighted by atomic mass is 15.1. The molecule has 0 radical (unpaired) electrons. The van der Waals surface area contributed by atoms with Crippen LogP contribution in [-0.2, 0) is 5.41 Å². The summed E-state index contributed by atoms with van der Waals surface area (Å²) < 4.78 is 0. The predicted molar refractivity (Wildman–Crippen MR) is 110 cm³/mol. The minimum Gasteiger partial charge on any atom is -0.306 e. The lowest BCUT2D eigenvalue weighted by molar-refractivity contribution is 0.163. The lowest BCUT2D eigenvalue weighted by atomic mass is 9.69. The smallest absolute Gasteiger partial charge is 0.0708 e. The molecule has 1 aliphatic rings. The van der Waals surface area contributed by atoms with Gasteiger partial charge in [0.1, 0.15) is 0 Å². The van der Waals surface area contributed by atoms with E-state index in [1.54, 1.807) is 0 Å². The van der Waals surface area contributed by atoms with Gasteiger partial charge in [-0.1, -0.05) is 56.3 Å². The monoisotopic (exact) mass is 344 g/mol. The number of rotatable bonds is 3. The van der Waals surface area contributed by atoms with E-state index in [1.807, 2.05) is 12.3 Å². The number of likely N-dealkylation sites (tertiary alicyclic amines) is 1. The second-order valence-electron chi connectivity index (χ2n) is 8.25. The number of aromatic nitrogens is 1. The standard InChI is InChI=1S/C24H28N2/c1-24(2,20-13-16-26(3)17-14-20)19-11-9-18(10-12-19)21-6-4-8-23-22(21)7-5-15-25-23/h4-12,15,20H,13-14,16-17H2,1-3H3. The molecule has 2 heteroatoms. The van der Waals surface area contributed by atoms with E-state index in [2.05, 4.69) is 79.3 Å². The Kier molecular flexibility index (Phi) is 4.54. The summed E-state index contributed by atoms with van der Waals surface area (Å²) in [7, 11) is 2.23. The van der Waals surface area contributed by atoms with E-state index >= 15 is 0 Å². The minimum absolute atomic E-state index is 0.222. The van der Waals surface area contributed by atoms with E-state index in [9.17, 15) is 0 Å². The second kappa shape index (κ2) is 6.85. The van der Waals surface area contributed by atoms with E-state index in [0.717, 1.165) is 11.4 Å². The average molecular weight is 345 g/mol. The zero-order valence-electron chi connectivity index (χ0n) is 16.1. The van der Waals surface area contributed by atoms with Crippen molar-refractivity contribution in [1.82, 2.24) is 9.88 Å². The quantitative estimate of drug-likeness (QED) is 0.622. The van der Waals surface area contributed by atoms with Gasteiger partial charge in [0.25, 0.3) is 0 Å². The van der Waals surface area contributed by atoms with Crippen LogP contribution >= 0.6 is 0 Å². The zero-order chi connectivity index (χ0) is 18.1. The molecule has 2 aromatic carbocycles. The molecule has 0 amide bonds. The summed E-state index contributed by atoms with van der Waals surface area (Å²) in [5.74, 6) is 0.756. The molecule has 1 aromatic heterocycles. The highest BCUT2D eigenvalue weighted by Crippen LogP contribution is 2.39. The predicted octanol–water partition coefficient (Wildman–Crippen LogP) is 5.52. The molecule has 1 fully saturated rings. The third-order valence-electron chi connectivity index (χ3n) is 6.32. The molecule has 0 saturated carbocycles. The molecule has 0 N–H and O–H groups in total. The third kappa shape index (κ3) is 3.14. The van der Waals surface area contributed by atoms with Gasteiger partial charge in [0.15, 0.2) is 0 Å². The molecule has 2 heterocycles. The van der Waals surface area contributed by atoms with Crippen molar-refractivity contribution in [1.29, 1.82) is 0 Å². The molecule has 134 valence electrons. The van der Waals surface area contributed by atoms with Crippen LogP contribution in [0, 0.1) is 5.92 Å². The highest BCUT2D eigenvalue weighted by Gasteiger charge is 2.33. The SMILES string of the molecule is CN1CCC(C(C)(C)c2ccc(-c3cccc4ncccc34)cc2)CC1. The molecular formula is C24H28N2. The molecule has 1 aliphatic heterocycles. The molecule has 0 bridgehead atoms. The highest BCUT2D eigenvalue weighted by molar-refractivity contribution is 5.94. The Morgan fingerprint density at radius 2 is 1.65 bits per heavy atom. The van der Waals surface area contributed by atoms with Crippen molar-refractivity contribution < 1.29 is 0 Å². The largest absolute Gasteiger partial charge is 0.306 e. The number of hydrogen-bond acceptors (Lipinski definition) is 2. The zero-order valence-corrected chi connectivity index (χ0v) is 16.1. The Bertz CT molecular complexity index is 882. The number of hydrogen-bond donors (Lipinski definition) is 0. The lowest BCUT2D eigenvalue weighted by Gasteiger charge is -2.40. The number of fused-ring (bicyclic) bond motifs is 1. The van der Waals surface area contributed by atoms with Crippen molar-refractivity contribution in [3.8, 4) is 11.1 Å². The molecule has 4 rings (SSSR count). The number of pyridine rings is 1. The third-order valence-corrected chi connectivity index (χ3v) is 6.32. The van der Waals surface area contributed by atoms with Crippen LogP contribution in [0.3, 0.4) is 0 Å². The van der Waals surface area contributed by atoms with Crippen molar-refractivity contribution in [3.63, 3.8) is 0 Å². The van der Waals surface area contributed by atoms with E-state index in [1.165, 1.54) is 48.0 Å². The van der Waals surface area contributed by atoms with Crippen LogP contribution in [0.1, 0.15) is 32.3 Å². The van der Waals surface area contributed by atoms with Gasteiger partial charge in [-0.15, -0.1) is 0 Å². The van der Waals surface area contributed by atoms with Gasteiger partial charge in [0.05, 0.1) is 5.52 Å². The van der Waals surface area contributed by atoms with Crippen LogP contribution in [0.15, 0.2) is 60.8 Å². The second-order valence-corrected chi connectivity index (χ2v) is 8.25. The summed E-state index contributed by atoms with van der Waals surface area (Å²) in [6.07, 6.45) is 4.44. The van der Waals surface area contributed by atoms with Gasteiger partial charge in [-0.2, -0.15) is 0 Å². The van der Waals surface area contributed by atoms with Crippen molar-refractivity contribution in [2.24, 2.45) is 5.92 Å². The van der Waals surface area contributed by atoms with E-state index in [-0.39, 0.29) is 5.41 Å². The van der Waals surface area contributed by atoms with Crippen LogP contribution in [0.4, 0.5) is 0 Å². The fourth-order valence-corrected chi connectivity index (χ4v) is 4.40. The van der Waals surface area contributed by atoms with Crippen molar-refractivity contribution in [2.75, 3.05) is 20.1 Å². The van der Waals surface area contributed by atoms with Gasteiger partial charge < -0.3 is 4.90 Å². The van der Waals surface area contributed by atoms with Gasteiger partial charge in [0, 0.05) is 11.6 Å². The van der Waals surface area contributed by atoms with Gasteiger partial charge in [-0.25, -0.2) is 0 Å². The van der Waals surface area contributed by atoms with E-state index < -0.39 is 0 Å². The molecule has 2 nitrogen and oxygen atoms in total. The first-order valence-electron chi connectivity index (χ1n) is 9.69. The Hall–Kier alpha value is -2.19. The Morgan fingerprint density at radius 3 is 2.38 bits per heavy atom. The van der Waals surface area contributed by atoms with E-state index in [4.69, 9.17) is 0 Å². The Morgan fingerprint density at radius 1 is 0.923 bits per heavy atom. The van der Waals surface area contributed by atoms with Crippen LogP contribution < -0.4 is 0 Å². The summed E-state index contributed by atoms with van der Waals surface area (Å²) in [5, 5.41) is 1.22. The van der Waals surface area contributed by atoms with E-state index in [0.29, 0.717) is 0 Å².